The zero-order chi connectivity index (χ0) is 12.3. The molecule has 0 saturated heterocycles. The van der Waals surface area contributed by atoms with Gasteiger partial charge in [-0.3, -0.25) is 0 Å². The van der Waals surface area contributed by atoms with Crippen molar-refractivity contribution in [3.05, 3.63) is 30.1 Å². The van der Waals surface area contributed by atoms with Crippen molar-refractivity contribution in [2.45, 2.75) is 19.4 Å². The molecule has 4 heteroatoms. The van der Waals surface area contributed by atoms with Crippen LogP contribution in [0.5, 0.6) is 0 Å². The molecule has 2 atom stereocenters. The number of aromatic amines is 1. The number of hydrogen-bond donors (Lipinski definition) is 2. The van der Waals surface area contributed by atoms with E-state index in [1.807, 2.05) is 26.1 Å². The molecule has 0 radical (unpaired) electrons. The maximum atomic E-state index is 9.15. The fraction of sp³-hybridized carbons (Fsp3) is 0.385. The highest BCUT2D eigenvalue weighted by atomic mass is 14.9. The lowest BCUT2D eigenvalue weighted by atomic mass is 9.92. The molecule has 0 aliphatic heterocycles. The Balaban J connectivity index is 2.39. The summed E-state index contributed by atoms with van der Waals surface area (Å²) in [5.41, 5.74) is 3.09. The number of nitriles is 1. The third-order valence-electron chi connectivity index (χ3n) is 3.12. The lowest BCUT2D eigenvalue weighted by Gasteiger charge is -2.20. The van der Waals surface area contributed by atoms with Crippen LogP contribution in [0.15, 0.2) is 24.5 Å². The van der Waals surface area contributed by atoms with Crippen molar-refractivity contribution in [3.8, 4) is 6.07 Å². The zero-order valence-corrected chi connectivity index (χ0v) is 10.1. The maximum Gasteiger partial charge on any atom is 0.0931 e. The fourth-order valence-electron chi connectivity index (χ4n) is 2.15. The van der Waals surface area contributed by atoms with Gasteiger partial charge in [0.25, 0.3) is 0 Å². The molecule has 0 amide bonds. The van der Waals surface area contributed by atoms with Gasteiger partial charge in [-0.25, -0.2) is 4.98 Å². The lowest BCUT2D eigenvalue weighted by Crippen LogP contribution is -2.23. The number of fused-ring (bicyclic) bond motifs is 1. The van der Waals surface area contributed by atoms with Gasteiger partial charge < -0.3 is 10.3 Å². The Bertz CT molecular complexity index is 538. The third-order valence-corrected chi connectivity index (χ3v) is 3.12. The van der Waals surface area contributed by atoms with Gasteiger partial charge in [0, 0.05) is 6.04 Å². The molecule has 1 aromatic carbocycles. The normalized spacial score (nSPS) is 14.4. The predicted octanol–water partition coefficient (Wildman–Crippen LogP) is 2.37. The molecule has 0 aliphatic carbocycles. The Morgan fingerprint density at radius 1 is 1.53 bits per heavy atom. The van der Waals surface area contributed by atoms with Gasteiger partial charge in [-0.05, 0) is 31.2 Å². The van der Waals surface area contributed by atoms with E-state index in [0.717, 1.165) is 23.0 Å². The minimum atomic E-state index is -0.0135. The van der Waals surface area contributed by atoms with Crippen molar-refractivity contribution in [1.29, 1.82) is 5.26 Å². The first-order chi connectivity index (χ1) is 8.30. The number of benzene rings is 1. The molecule has 2 rings (SSSR count). The first kappa shape index (κ1) is 11.6. The maximum absolute atomic E-state index is 9.15. The molecule has 0 bridgehead atoms. The number of nitrogens with one attached hydrogen (secondary N) is 2. The summed E-state index contributed by atoms with van der Waals surface area (Å²) in [4.78, 5) is 7.28. The van der Waals surface area contributed by atoms with E-state index < -0.39 is 0 Å². The summed E-state index contributed by atoms with van der Waals surface area (Å²) >= 11 is 0. The summed E-state index contributed by atoms with van der Waals surface area (Å²) in [6.45, 7) is 2.03. The van der Waals surface area contributed by atoms with Crippen LogP contribution < -0.4 is 5.32 Å². The number of hydrogen-bond acceptors (Lipinski definition) is 3. The van der Waals surface area contributed by atoms with E-state index in [-0.39, 0.29) is 12.0 Å². The second-order valence-electron chi connectivity index (χ2n) is 4.09. The summed E-state index contributed by atoms with van der Waals surface area (Å²) in [7, 11) is 1.89. The predicted molar refractivity (Wildman–Crippen MR) is 67.3 cm³/mol. The number of rotatable bonds is 4. The van der Waals surface area contributed by atoms with Gasteiger partial charge in [0.15, 0.2) is 0 Å². The molecule has 17 heavy (non-hydrogen) atoms. The SMILES string of the molecule is CCC(C#N)C(NC)c1ccc2nc[nH]c2c1. The van der Waals surface area contributed by atoms with Gasteiger partial charge in [-0.15, -0.1) is 0 Å². The first-order valence-electron chi connectivity index (χ1n) is 5.80. The highest BCUT2D eigenvalue weighted by molar-refractivity contribution is 5.75. The van der Waals surface area contributed by atoms with Crippen LogP contribution in [0, 0.1) is 17.2 Å². The topological polar surface area (TPSA) is 64.5 Å². The second-order valence-corrected chi connectivity index (χ2v) is 4.09. The number of imidazole rings is 1. The van der Waals surface area contributed by atoms with E-state index in [4.69, 9.17) is 5.26 Å². The molecule has 88 valence electrons. The van der Waals surface area contributed by atoms with Gasteiger partial charge in [-0.2, -0.15) is 5.26 Å². The lowest BCUT2D eigenvalue weighted by molar-refractivity contribution is 0.449. The highest BCUT2D eigenvalue weighted by Gasteiger charge is 2.20. The summed E-state index contributed by atoms with van der Waals surface area (Å²) < 4.78 is 0. The summed E-state index contributed by atoms with van der Waals surface area (Å²) in [6.07, 6.45) is 2.52. The molecule has 1 heterocycles. The van der Waals surface area contributed by atoms with Gasteiger partial charge in [0.05, 0.1) is 29.3 Å². The van der Waals surface area contributed by atoms with Crippen molar-refractivity contribution >= 4 is 11.0 Å². The minimum Gasteiger partial charge on any atom is -0.345 e. The molecule has 0 fully saturated rings. The first-order valence-corrected chi connectivity index (χ1v) is 5.80. The van der Waals surface area contributed by atoms with E-state index in [1.165, 1.54) is 0 Å². The standard InChI is InChI=1S/C13H16N4/c1-3-9(7-14)13(15-2)10-4-5-11-12(6-10)17-8-16-11/h4-6,8-9,13,15H,3H2,1-2H3,(H,16,17). The van der Waals surface area contributed by atoms with Crippen molar-refractivity contribution < 1.29 is 0 Å². The fourth-order valence-corrected chi connectivity index (χ4v) is 2.15. The molecule has 1 aromatic heterocycles. The van der Waals surface area contributed by atoms with Crippen molar-refractivity contribution in [2.24, 2.45) is 5.92 Å². The molecule has 0 saturated carbocycles. The van der Waals surface area contributed by atoms with Crippen molar-refractivity contribution in [3.63, 3.8) is 0 Å². The van der Waals surface area contributed by atoms with Crippen LogP contribution in [0.2, 0.25) is 0 Å². The summed E-state index contributed by atoms with van der Waals surface area (Å²) in [5.74, 6) is -0.0135. The smallest absolute Gasteiger partial charge is 0.0931 e. The monoisotopic (exact) mass is 228 g/mol. The molecular formula is C13H16N4. The van der Waals surface area contributed by atoms with Gasteiger partial charge in [-0.1, -0.05) is 13.0 Å². The van der Waals surface area contributed by atoms with E-state index in [1.54, 1.807) is 6.33 Å². The third kappa shape index (κ3) is 2.15. The van der Waals surface area contributed by atoms with E-state index in [2.05, 4.69) is 27.4 Å². The van der Waals surface area contributed by atoms with Crippen LogP contribution >= 0.6 is 0 Å². The van der Waals surface area contributed by atoms with Gasteiger partial charge in [0.2, 0.25) is 0 Å². The van der Waals surface area contributed by atoms with Crippen LogP contribution in [0.4, 0.5) is 0 Å². The Morgan fingerprint density at radius 3 is 3.00 bits per heavy atom. The quantitative estimate of drug-likeness (QED) is 0.844. The molecular weight excluding hydrogens is 212 g/mol. The number of nitrogens with zero attached hydrogens (tertiary/aromatic N) is 2. The summed E-state index contributed by atoms with van der Waals surface area (Å²) in [6, 6.07) is 8.49. The Morgan fingerprint density at radius 2 is 2.35 bits per heavy atom. The average Bonchev–Trinajstić information content (AvgIpc) is 2.82. The zero-order valence-electron chi connectivity index (χ0n) is 10.1. The number of aromatic nitrogens is 2. The largest absolute Gasteiger partial charge is 0.345 e. The van der Waals surface area contributed by atoms with Crippen LogP contribution in [0.25, 0.3) is 11.0 Å². The van der Waals surface area contributed by atoms with E-state index in [9.17, 15) is 0 Å². The second kappa shape index (κ2) is 4.98. The number of H-pyrrole nitrogens is 1. The molecule has 4 nitrogen and oxygen atoms in total. The van der Waals surface area contributed by atoms with Crippen molar-refractivity contribution in [2.75, 3.05) is 7.05 Å². The Kier molecular flexibility index (Phi) is 3.40. The van der Waals surface area contributed by atoms with E-state index >= 15 is 0 Å². The van der Waals surface area contributed by atoms with Crippen LogP contribution in [0.1, 0.15) is 24.9 Å². The van der Waals surface area contributed by atoms with Gasteiger partial charge >= 0.3 is 0 Å². The molecule has 0 spiro atoms. The van der Waals surface area contributed by atoms with Crippen LogP contribution in [-0.2, 0) is 0 Å². The van der Waals surface area contributed by atoms with Crippen LogP contribution in [0.3, 0.4) is 0 Å². The summed E-state index contributed by atoms with van der Waals surface area (Å²) in [5, 5.41) is 12.4. The highest BCUT2D eigenvalue weighted by Crippen LogP contribution is 2.25. The molecule has 2 N–H and O–H groups in total. The Labute approximate surface area is 101 Å². The van der Waals surface area contributed by atoms with E-state index in [0.29, 0.717) is 0 Å². The average molecular weight is 228 g/mol. The molecule has 2 aromatic rings. The molecule has 0 aliphatic rings. The van der Waals surface area contributed by atoms with Crippen LogP contribution in [-0.4, -0.2) is 17.0 Å². The Hall–Kier alpha value is -1.86. The van der Waals surface area contributed by atoms with Gasteiger partial charge in [0.1, 0.15) is 0 Å². The minimum absolute atomic E-state index is 0.0135. The molecule has 2 unspecified atom stereocenters. The van der Waals surface area contributed by atoms with Crippen molar-refractivity contribution in [1.82, 2.24) is 15.3 Å².